The highest BCUT2D eigenvalue weighted by Gasteiger charge is 2.24. The lowest BCUT2D eigenvalue weighted by Gasteiger charge is -2.29. The van der Waals surface area contributed by atoms with Crippen LogP contribution in [0.3, 0.4) is 0 Å². The summed E-state index contributed by atoms with van der Waals surface area (Å²) in [6.45, 7) is 6.67. The maximum Gasteiger partial charge on any atom is 0.410 e. The summed E-state index contributed by atoms with van der Waals surface area (Å²) in [7, 11) is 0. The van der Waals surface area contributed by atoms with E-state index in [4.69, 9.17) is 9.72 Å². The maximum absolute atomic E-state index is 12.9. The predicted octanol–water partition coefficient (Wildman–Crippen LogP) is 6.56. The molecule has 9 nitrogen and oxygen atoms in total. The number of nitrogens with zero attached hydrogens (tertiary/aromatic N) is 4. The van der Waals surface area contributed by atoms with Crippen molar-refractivity contribution in [2.24, 2.45) is 0 Å². The van der Waals surface area contributed by atoms with Gasteiger partial charge < -0.3 is 20.3 Å². The van der Waals surface area contributed by atoms with Gasteiger partial charge in [0.15, 0.2) is 0 Å². The summed E-state index contributed by atoms with van der Waals surface area (Å²) in [5.41, 5.74) is 4.38. The molecular formula is C32H32N6O3. The van der Waals surface area contributed by atoms with Crippen LogP contribution in [-0.4, -0.2) is 50.5 Å². The topological polar surface area (TPSA) is 109 Å². The van der Waals surface area contributed by atoms with Gasteiger partial charge in [-0.25, -0.2) is 14.8 Å². The number of carbonyl (C=O) groups is 2. The molecule has 0 aliphatic carbocycles. The fourth-order valence-corrected chi connectivity index (χ4v) is 4.40. The van der Waals surface area contributed by atoms with Gasteiger partial charge in [0.25, 0.3) is 5.91 Å². The number of nitrogens with one attached hydrogen (secondary N) is 2. The minimum Gasteiger partial charge on any atom is -0.444 e. The van der Waals surface area contributed by atoms with E-state index >= 15 is 0 Å². The molecule has 41 heavy (non-hydrogen) atoms. The standard InChI is InChI=1S/C32H32N6O3/c1-32(2,3)41-31(40)38-16-12-22(13-17-38)24-10-7-11-25(18-24)27-19-26(35-30(39)23-8-5-4-6-9-23)20-28(36-27)37-29-21-33-14-15-34-29/h4-12,14-15,18-21H,13,16-17H2,1-3H3,(H2,34,35,36,37,39). The number of carbonyl (C=O) groups excluding carboxylic acids is 2. The van der Waals surface area contributed by atoms with Crippen molar-refractivity contribution in [3.05, 3.63) is 103 Å². The third-order valence-electron chi connectivity index (χ3n) is 6.33. The lowest BCUT2D eigenvalue weighted by molar-refractivity contribution is 0.0270. The zero-order valence-electron chi connectivity index (χ0n) is 23.3. The van der Waals surface area contributed by atoms with Crippen molar-refractivity contribution < 1.29 is 14.3 Å². The molecule has 1 aliphatic rings. The van der Waals surface area contributed by atoms with Crippen LogP contribution in [0.15, 0.2) is 91.4 Å². The van der Waals surface area contributed by atoms with E-state index in [1.165, 1.54) is 0 Å². The Morgan fingerprint density at radius 1 is 0.927 bits per heavy atom. The molecule has 4 aromatic rings. The van der Waals surface area contributed by atoms with E-state index in [1.54, 1.807) is 41.7 Å². The maximum atomic E-state index is 12.9. The van der Waals surface area contributed by atoms with Crippen LogP contribution in [0.1, 0.15) is 43.1 Å². The molecule has 208 valence electrons. The summed E-state index contributed by atoms with van der Waals surface area (Å²) in [6.07, 6.45) is 7.27. The number of anilines is 3. The average Bonchev–Trinajstić information content (AvgIpc) is 2.97. The van der Waals surface area contributed by atoms with Crippen molar-refractivity contribution in [1.82, 2.24) is 19.9 Å². The van der Waals surface area contributed by atoms with E-state index in [0.717, 1.165) is 16.7 Å². The molecule has 9 heteroatoms. The predicted molar refractivity (Wildman–Crippen MR) is 160 cm³/mol. The highest BCUT2D eigenvalue weighted by Crippen LogP contribution is 2.30. The van der Waals surface area contributed by atoms with Gasteiger partial charge in [-0.05, 0) is 62.6 Å². The van der Waals surface area contributed by atoms with Crippen LogP contribution < -0.4 is 10.6 Å². The Balaban J connectivity index is 1.41. The second kappa shape index (κ2) is 12.0. The monoisotopic (exact) mass is 548 g/mol. The quantitative estimate of drug-likeness (QED) is 0.281. The molecule has 0 bridgehead atoms. The van der Waals surface area contributed by atoms with Crippen LogP contribution in [0, 0.1) is 0 Å². The van der Waals surface area contributed by atoms with Gasteiger partial charge in [-0.3, -0.25) is 9.78 Å². The molecule has 0 saturated heterocycles. The third kappa shape index (κ3) is 7.33. The number of pyridine rings is 1. The molecule has 1 aliphatic heterocycles. The van der Waals surface area contributed by atoms with Gasteiger partial charge in [0.05, 0.1) is 11.9 Å². The Bertz CT molecular complexity index is 1570. The average molecular weight is 549 g/mol. The van der Waals surface area contributed by atoms with E-state index in [9.17, 15) is 9.59 Å². The van der Waals surface area contributed by atoms with Crippen molar-refractivity contribution in [3.63, 3.8) is 0 Å². The number of hydrogen-bond acceptors (Lipinski definition) is 7. The van der Waals surface area contributed by atoms with Gasteiger partial charge >= 0.3 is 6.09 Å². The second-order valence-corrected chi connectivity index (χ2v) is 10.6. The van der Waals surface area contributed by atoms with E-state index in [0.29, 0.717) is 48.1 Å². The lowest BCUT2D eigenvalue weighted by atomic mass is 9.97. The fourth-order valence-electron chi connectivity index (χ4n) is 4.40. The van der Waals surface area contributed by atoms with Crippen LogP contribution in [0.5, 0.6) is 0 Å². The molecule has 0 fully saturated rings. The summed E-state index contributed by atoms with van der Waals surface area (Å²) in [6, 6.07) is 20.8. The summed E-state index contributed by atoms with van der Waals surface area (Å²) in [5, 5.41) is 6.17. The summed E-state index contributed by atoms with van der Waals surface area (Å²) >= 11 is 0. The third-order valence-corrected chi connectivity index (χ3v) is 6.33. The molecule has 0 atom stereocenters. The Morgan fingerprint density at radius 3 is 2.44 bits per heavy atom. The van der Waals surface area contributed by atoms with Crippen molar-refractivity contribution in [2.75, 3.05) is 23.7 Å². The Kier molecular flexibility index (Phi) is 8.05. The lowest BCUT2D eigenvalue weighted by Crippen LogP contribution is -2.39. The first kappa shape index (κ1) is 27.5. The number of ether oxygens (including phenoxy) is 1. The molecule has 3 heterocycles. The van der Waals surface area contributed by atoms with E-state index in [-0.39, 0.29) is 12.0 Å². The second-order valence-electron chi connectivity index (χ2n) is 10.6. The summed E-state index contributed by atoms with van der Waals surface area (Å²) < 4.78 is 5.52. The van der Waals surface area contributed by atoms with Crippen LogP contribution >= 0.6 is 0 Å². The zero-order valence-corrected chi connectivity index (χ0v) is 23.3. The summed E-state index contributed by atoms with van der Waals surface area (Å²) in [4.78, 5) is 40.3. The van der Waals surface area contributed by atoms with Crippen molar-refractivity contribution in [1.29, 1.82) is 0 Å². The molecular weight excluding hydrogens is 516 g/mol. The van der Waals surface area contributed by atoms with Gasteiger partial charge in [0, 0.05) is 48.4 Å². The molecule has 2 amide bonds. The van der Waals surface area contributed by atoms with Crippen molar-refractivity contribution >= 4 is 34.9 Å². The molecule has 5 rings (SSSR count). The van der Waals surface area contributed by atoms with E-state index in [1.807, 2.05) is 57.2 Å². The van der Waals surface area contributed by atoms with Crippen molar-refractivity contribution in [3.8, 4) is 11.3 Å². The Morgan fingerprint density at radius 2 is 1.73 bits per heavy atom. The number of amides is 2. The van der Waals surface area contributed by atoms with Crippen molar-refractivity contribution in [2.45, 2.75) is 32.8 Å². The molecule has 2 N–H and O–H groups in total. The Labute approximate surface area is 239 Å². The number of aromatic nitrogens is 3. The van der Waals surface area contributed by atoms with E-state index in [2.05, 4.69) is 38.8 Å². The Hall–Kier alpha value is -5.05. The first-order valence-electron chi connectivity index (χ1n) is 13.4. The minimum absolute atomic E-state index is 0.219. The fraction of sp³-hybridized carbons (Fsp3) is 0.219. The SMILES string of the molecule is CC(C)(C)OC(=O)N1CC=C(c2cccc(-c3cc(NC(=O)c4ccccc4)cc(Nc4cnccn4)n3)c2)CC1. The van der Waals surface area contributed by atoms with Crippen LogP contribution in [-0.2, 0) is 4.74 Å². The molecule has 2 aromatic heterocycles. The normalized spacial score (nSPS) is 13.2. The molecule has 0 radical (unpaired) electrons. The van der Waals surface area contributed by atoms with Crippen LogP contribution in [0.25, 0.3) is 16.8 Å². The molecule has 2 aromatic carbocycles. The van der Waals surface area contributed by atoms with Gasteiger partial charge in [0.2, 0.25) is 0 Å². The molecule has 0 spiro atoms. The number of rotatable bonds is 6. The number of benzene rings is 2. The zero-order chi connectivity index (χ0) is 28.8. The van der Waals surface area contributed by atoms with Crippen LogP contribution in [0.2, 0.25) is 0 Å². The van der Waals surface area contributed by atoms with Gasteiger partial charge in [-0.15, -0.1) is 0 Å². The van der Waals surface area contributed by atoms with Gasteiger partial charge in [0.1, 0.15) is 17.2 Å². The molecule has 0 saturated carbocycles. The molecule has 0 unspecified atom stereocenters. The first-order chi connectivity index (χ1) is 19.7. The van der Waals surface area contributed by atoms with Gasteiger partial charge in [-0.2, -0.15) is 0 Å². The van der Waals surface area contributed by atoms with Gasteiger partial charge in [-0.1, -0.05) is 42.5 Å². The van der Waals surface area contributed by atoms with E-state index < -0.39 is 5.60 Å². The highest BCUT2D eigenvalue weighted by atomic mass is 16.6. The summed E-state index contributed by atoms with van der Waals surface area (Å²) in [5.74, 6) is 0.832. The van der Waals surface area contributed by atoms with Crippen LogP contribution in [0.4, 0.5) is 22.1 Å². The largest absolute Gasteiger partial charge is 0.444 e. The highest BCUT2D eigenvalue weighted by molar-refractivity contribution is 6.04. The number of hydrogen-bond donors (Lipinski definition) is 2. The minimum atomic E-state index is -0.529. The smallest absolute Gasteiger partial charge is 0.410 e. The first-order valence-corrected chi connectivity index (χ1v) is 13.4.